The van der Waals surface area contributed by atoms with Crippen LogP contribution >= 0.6 is 11.6 Å². The molecule has 0 aliphatic carbocycles. The Morgan fingerprint density at radius 2 is 1.95 bits per heavy atom. The van der Waals surface area contributed by atoms with Crippen molar-refractivity contribution in [1.29, 1.82) is 0 Å². The molecular weight excluding hydrogens is 262 g/mol. The van der Waals surface area contributed by atoms with Gasteiger partial charge in [0, 0.05) is 18.8 Å². The van der Waals surface area contributed by atoms with Crippen LogP contribution in [0.2, 0.25) is 5.02 Å². The van der Waals surface area contributed by atoms with Crippen molar-refractivity contribution in [3.05, 3.63) is 28.8 Å². The summed E-state index contributed by atoms with van der Waals surface area (Å²) in [5, 5.41) is 9.27. The molecule has 3 nitrogen and oxygen atoms in total. The Morgan fingerprint density at radius 3 is 2.37 bits per heavy atom. The number of anilines is 1. The molecular formula is C15H22ClNO2. The minimum atomic E-state index is -0.986. The van der Waals surface area contributed by atoms with Crippen LogP contribution in [0.1, 0.15) is 44.0 Å². The van der Waals surface area contributed by atoms with Gasteiger partial charge in [0.1, 0.15) is 0 Å². The maximum absolute atomic E-state index is 10.9. The molecule has 0 aromatic heterocycles. The summed E-state index contributed by atoms with van der Waals surface area (Å²) in [5.41, 5.74) is 1.15. The average molecular weight is 284 g/mol. The number of halogens is 1. The average Bonchev–Trinajstić information content (AvgIpc) is 2.39. The first-order valence-electron chi connectivity index (χ1n) is 6.81. The lowest BCUT2D eigenvalue weighted by molar-refractivity contribution is 0.0697. The van der Waals surface area contributed by atoms with E-state index in [4.69, 9.17) is 16.7 Å². The summed E-state index contributed by atoms with van der Waals surface area (Å²) < 4.78 is 0. The summed E-state index contributed by atoms with van der Waals surface area (Å²) in [5.74, 6) is -0.336. The fraction of sp³-hybridized carbons (Fsp3) is 0.533. The number of carboxylic acids is 1. The molecule has 0 heterocycles. The van der Waals surface area contributed by atoms with Gasteiger partial charge in [-0.1, -0.05) is 38.3 Å². The summed E-state index contributed by atoms with van der Waals surface area (Å²) in [6.45, 7) is 8.36. The number of hydrogen-bond acceptors (Lipinski definition) is 2. The van der Waals surface area contributed by atoms with Gasteiger partial charge in [-0.2, -0.15) is 0 Å². The van der Waals surface area contributed by atoms with Crippen molar-refractivity contribution in [1.82, 2.24) is 0 Å². The molecule has 0 unspecified atom stereocenters. The third kappa shape index (κ3) is 4.13. The first kappa shape index (κ1) is 15.8. The van der Waals surface area contributed by atoms with E-state index in [0.717, 1.165) is 31.6 Å². The van der Waals surface area contributed by atoms with E-state index < -0.39 is 5.97 Å². The minimum Gasteiger partial charge on any atom is -0.478 e. The molecule has 106 valence electrons. The van der Waals surface area contributed by atoms with Crippen molar-refractivity contribution in [2.24, 2.45) is 5.92 Å². The molecule has 0 saturated heterocycles. The van der Waals surface area contributed by atoms with Crippen LogP contribution in [-0.4, -0.2) is 24.2 Å². The number of benzene rings is 1. The number of aromatic carboxylic acids is 1. The predicted molar refractivity (Wildman–Crippen MR) is 80.4 cm³/mol. The Morgan fingerprint density at radius 1 is 1.32 bits per heavy atom. The largest absolute Gasteiger partial charge is 0.478 e. The van der Waals surface area contributed by atoms with E-state index in [2.05, 4.69) is 25.7 Å². The van der Waals surface area contributed by atoms with Crippen molar-refractivity contribution >= 4 is 23.3 Å². The third-order valence-corrected chi connectivity index (χ3v) is 3.88. The topological polar surface area (TPSA) is 40.5 Å². The van der Waals surface area contributed by atoms with Crippen LogP contribution in [0, 0.1) is 5.92 Å². The first-order chi connectivity index (χ1) is 9.03. The van der Waals surface area contributed by atoms with E-state index in [9.17, 15) is 4.79 Å². The number of carboxylic acid groups (broad SMARTS) is 1. The van der Waals surface area contributed by atoms with Crippen LogP contribution in [0.4, 0.5) is 5.69 Å². The Bertz CT molecular complexity index is 430. The van der Waals surface area contributed by atoms with Crippen LogP contribution in [0.25, 0.3) is 0 Å². The number of hydrogen-bond donors (Lipinski definition) is 1. The molecule has 0 spiro atoms. The van der Waals surface area contributed by atoms with E-state index in [-0.39, 0.29) is 5.56 Å². The Balaban J connectivity index is 2.93. The van der Waals surface area contributed by atoms with Crippen molar-refractivity contribution in [3.8, 4) is 0 Å². The summed E-state index contributed by atoms with van der Waals surface area (Å²) in [7, 11) is 0. The van der Waals surface area contributed by atoms with Crippen molar-refractivity contribution < 1.29 is 9.90 Å². The third-order valence-electron chi connectivity index (χ3n) is 3.56. The van der Waals surface area contributed by atoms with E-state index >= 15 is 0 Å². The van der Waals surface area contributed by atoms with Gasteiger partial charge in [0.25, 0.3) is 0 Å². The number of rotatable bonds is 7. The van der Waals surface area contributed by atoms with Crippen LogP contribution < -0.4 is 4.90 Å². The molecule has 0 fully saturated rings. The molecule has 0 aliphatic rings. The fourth-order valence-corrected chi connectivity index (χ4v) is 2.41. The molecule has 0 atom stereocenters. The highest BCUT2D eigenvalue weighted by Crippen LogP contribution is 2.25. The second kappa shape index (κ2) is 7.39. The summed E-state index contributed by atoms with van der Waals surface area (Å²) in [4.78, 5) is 13.2. The lowest BCUT2D eigenvalue weighted by atomic mass is 10.0. The summed E-state index contributed by atoms with van der Waals surface area (Å²) in [6, 6.07) is 5.16. The lowest BCUT2D eigenvalue weighted by Gasteiger charge is -2.27. The van der Waals surface area contributed by atoms with Crippen molar-refractivity contribution in [3.63, 3.8) is 0 Å². The Labute approximate surface area is 120 Å². The molecule has 0 aliphatic heterocycles. The highest BCUT2D eigenvalue weighted by Gasteiger charge is 2.14. The van der Waals surface area contributed by atoms with Gasteiger partial charge in [0.15, 0.2) is 0 Å². The zero-order valence-corrected chi connectivity index (χ0v) is 12.6. The SMILES string of the molecule is CCC(CC)CN(CC)c1ccc(C(=O)O)c(Cl)c1. The molecule has 0 bridgehead atoms. The van der Waals surface area contributed by atoms with Crippen LogP contribution in [0.15, 0.2) is 18.2 Å². The van der Waals surface area contributed by atoms with Crippen LogP contribution in [-0.2, 0) is 0 Å². The van der Waals surface area contributed by atoms with Gasteiger partial charge in [0.2, 0.25) is 0 Å². The summed E-state index contributed by atoms with van der Waals surface area (Å²) in [6.07, 6.45) is 2.29. The van der Waals surface area contributed by atoms with Gasteiger partial charge in [-0.25, -0.2) is 4.79 Å². The van der Waals surface area contributed by atoms with Gasteiger partial charge >= 0.3 is 5.97 Å². The minimum absolute atomic E-state index is 0.156. The maximum atomic E-state index is 10.9. The van der Waals surface area contributed by atoms with Gasteiger partial charge in [-0.15, -0.1) is 0 Å². The second-order valence-corrected chi connectivity index (χ2v) is 5.10. The number of carbonyl (C=O) groups is 1. The Kier molecular flexibility index (Phi) is 6.16. The van der Waals surface area contributed by atoms with E-state index in [1.54, 1.807) is 12.1 Å². The highest BCUT2D eigenvalue weighted by atomic mass is 35.5. The van der Waals surface area contributed by atoms with Gasteiger partial charge < -0.3 is 10.0 Å². The molecule has 0 radical (unpaired) electrons. The predicted octanol–water partition coefficient (Wildman–Crippen LogP) is 4.30. The molecule has 1 aromatic carbocycles. The maximum Gasteiger partial charge on any atom is 0.337 e. The van der Waals surface area contributed by atoms with Gasteiger partial charge in [0.05, 0.1) is 10.6 Å². The van der Waals surface area contributed by atoms with E-state index in [1.807, 2.05) is 6.07 Å². The Hall–Kier alpha value is -1.22. The summed E-state index contributed by atoms with van der Waals surface area (Å²) >= 11 is 6.02. The molecule has 0 saturated carbocycles. The standard InChI is InChI=1S/C15H22ClNO2/c1-4-11(5-2)10-17(6-3)12-7-8-13(15(18)19)14(16)9-12/h7-9,11H,4-6,10H2,1-3H3,(H,18,19). The molecule has 4 heteroatoms. The van der Waals surface area contributed by atoms with E-state index in [1.165, 1.54) is 0 Å². The lowest BCUT2D eigenvalue weighted by Crippen LogP contribution is -2.29. The molecule has 0 amide bonds. The molecule has 19 heavy (non-hydrogen) atoms. The van der Waals surface area contributed by atoms with Gasteiger partial charge in [-0.05, 0) is 31.0 Å². The molecule has 1 aromatic rings. The van der Waals surface area contributed by atoms with Crippen molar-refractivity contribution in [2.45, 2.75) is 33.6 Å². The smallest absolute Gasteiger partial charge is 0.337 e. The molecule has 1 rings (SSSR count). The van der Waals surface area contributed by atoms with Crippen LogP contribution in [0.5, 0.6) is 0 Å². The first-order valence-corrected chi connectivity index (χ1v) is 7.18. The van der Waals surface area contributed by atoms with Crippen LogP contribution in [0.3, 0.4) is 0 Å². The monoisotopic (exact) mass is 283 g/mol. The van der Waals surface area contributed by atoms with Gasteiger partial charge in [-0.3, -0.25) is 0 Å². The molecule has 1 N–H and O–H groups in total. The fourth-order valence-electron chi connectivity index (χ4n) is 2.15. The van der Waals surface area contributed by atoms with E-state index in [0.29, 0.717) is 10.9 Å². The normalized spacial score (nSPS) is 10.8. The second-order valence-electron chi connectivity index (χ2n) is 4.69. The number of nitrogens with zero attached hydrogens (tertiary/aromatic N) is 1. The van der Waals surface area contributed by atoms with Crippen molar-refractivity contribution in [2.75, 3.05) is 18.0 Å². The zero-order valence-electron chi connectivity index (χ0n) is 11.8. The highest BCUT2D eigenvalue weighted by molar-refractivity contribution is 6.33. The quantitative estimate of drug-likeness (QED) is 0.811. The zero-order chi connectivity index (χ0) is 14.4.